The number of carbonyl (C=O) groups excluding carboxylic acids is 1. The molecule has 0 radical (unpaired) electrons. The van der Waals surface area contributed by atoms with Gasteiger partial charge in [-0.15, -0.1) is 0 Å². The van der Waals surface area contributed by atoms with Gasteiger partial charge in [0.05, 0.1) is 45.3 Å². The monoisotopic (exact) mass is 400 g/mol. The van der Waals surface area contributed by atoms with Crippen molar-refractivity contribution in [2.75, 3.05) is 26.9 Å². The number of amides is 1. The Morgan fingerprint density at radius 2 is 2.03 bits per heavy atom. The minimum Gasteiger partial charge on any atom is -0.497 e. The largest absolute Gasteiger partial charge is 0.497 e. The van der Waals surface area contributed by atoms with Gasteiger partial charge < -0.3 is 19.9 Å². The molecule has 2 aromatic rings. The molecule has 4 rings (SSSR count). The van der Waals surface area contributed by atoms with Crippen LogP contribution in [0.2, 0.25) is 0 Å². The molecule has 1 aliphatic carbocycles. The summed E-state index contributed by atoms with van der Waals surface area (Å²) in [6.07, 6.45) is 4.15. The van der Waals surface area contributed by atoms with Crippen LogP contribution >= 0.6 is 0 Å². The van der Waals surface area contributed by atoms with Crippen LogP contribution in [0.15, 0.2) is 24.3 Å². The van der Waals surface area contributed by atoms with Crippen molar-refractivity contribution in [2.24, 2.45) is 5.73 Å². The molecule has 0 unspecified atom stereocenters. The average molecular weight is 400 g/mol. The number of primary amides is 1. The maximum absolute atomic E-state index is 11.5. The van der Waals surface area contributed by atoms with E-state index in [1.54, 1.807) is 7.11 Å². The summed E-state index contributed by atoms with van der Waals surface area (Å²) in [6.45, 7) is 2.26. The molecule has 8 nitrogen and oxygen atoms in total. The lowest BCUT2D eigenvalue weighted by molar-refractivity contribution is -0.117. The predicted octanol–water partition coefficient (Wildman–Crippen LogP) is 1.59. The van der Waals surface area contributed by atoms with Crippen molar-refractivity contribution in [3.8, 4) is 5.75 Å². The Kier molecular flexibility index (Phi) is 5.82. The number of carbonyl (C=O) groups is 1. The van der Waals surface area contributed by atoms with Gasteiger partial charge in [-0.1, -0.05) is 25.0 Å². The minimum atomic E-state index is -0.434. The quantitative estimate of drug-likeness (QED) is 0.757. The van der Waals surface area contributed by atoms with Crippen molar-refractivity contribution in [2.45, 2.75) is 50.2 Å². The van der Waals surface area contributed by atoms with Crippen molar-refractivity contribution in [3.63, 3.8) is 0 Å². The van der Waals surface area contributed by atoms with E-state index in [2.05, 4.69) is 17.2 Å². The molecule has 29 heavy (non-hydrogen) atoms. The van der Waals surface area contributed by atoms with Crippen molar-refractivity contribution in [1.29, 1.82) is 0 Å². The molecule has 1 aromatic carbocycles. The first-order valence-electron chi connectivity index (χ1n) is 10.2. The Balaban J connectivity index is 1.73. The van der Waals surface area contributed by atoms with E-state index in [1.165, 1.54) is 5.56 Å². The molecule has 2 heterocycles. The highest BCUT2D eigenvalue weighted by Gasteiger charge is 2.42. The number of methoxy groups -OCH3 is 1. The van der Waals surface area contributed by atoms with Crippen molar-refractivity contribution >= 4 is 5.91 Å². The van der Waals surface area contributed by atoms with Crippen LogP contribution in [0.3, 0.4) is 0 Å². The number of hydrogen-bond acceptors (Lipinski definition) is 6. The highest BCUT2D eigenvalue weighted by Crippen LogP contribution is 2.46. The second-order valence-electron chi connectivity index (χ2n) is 7.76. The van der Waals surface area contributed by atoms with Gasteiger partial charge in [-0.05, 0) is 30.5 Å². The summed E-state index contributed by atoms with van der Waals surface area (Å²) in [5.74, 6) is 1.73. The molecule has 1 saturated carbocycles. The molecule has 8 heteroatoms. The Bertz CT molecular complexity index is 837. The van der Waals surface area contributed by atoms with Crippen LogP contribution in [0.1, 0.15) is 42.9 Å². The van der Waals surface area contributed by atoms with Crippen LogP contribution in [0.5, 0.6) is 5.75 Å². The van der Waals surface area contributed by atoms with Gasteiger partial charge in [0, 0.05) is 0 Å². The van der Waals surface area contributed by atoms with Crippen LogP contribution in [-0.2, 0) is 32.6 Å². The Morgan fingerprint density at radius 1 is 1.28 bits per heavy atom. The van der Waals surface area contributed by atoms with Crippen LogP contribution < -0.4 is 10.5 Å². The molecule has 156 valence electrons. The number of benzene rings is 1. The van der Waals surface area contributed by atoms with Gasteiger partial charge in [0.15, 0.2) is 5.82 Å². The zero-order valence-corrected chi connectivity index (χ0v) is 16.8. The zero-order valence-electron chi connectivity index (χ0n) is 16.8. The topological polar surface area (TPSA) is 101 Å². The molecule has 2 fully saturated rings. The number of nitrogens with two attached hydrogens (primary N) is 1. The molecule has 2 N–H and O–H groups in total. The molecular formula is C21H28N4O4. The molecule has 0 bridgehead atoms. The number of ether oxygens (including phenoxy) is 3. The van der Waals surface area contributed by atoms with E-state index in [0.29, 0.717) is 32.2 Å². The van der Waals surface area contributed by atoms with Crippen molar-refractivity contribution in [1.82, 2.24) is 14.8 Å². The van der Waals surface area contributed by atoms with Crippen molar-refractivity contribution < 1.29 is 19.0 Å². The van der Waals surface area contributed by atoms with E-state index in [-0.39, 0.29) is 17.9 Å². The first kappa shape index (κ1) is 19.8. The van der Waals surface area contributed by atoms with E-state index in [9.17, 15) is 4.79 Å². The fourth-order valence-electron chi connectivity index (χ4n) is 4.47. The smallest absolute Gasteiger partial charge is 0.225 e. The number of aromatic nitrogens is 3. The summed E-state index contributed by atoms with van der Waals surface area (Å²) >= 11 is 0. The molecule has 1 aromatic heterocycles. The zero-order chi connectivity index (χ0) is 20.3. The fraction of sp³-hybridized carbons (Fsp3) is 0.571. The van der Waals surface area contributed by atoms with E-state index < -0.39 is 5.91 Å². The summed E-state index contributed by atoms with van der Waals surface area (Å²) < 4.78 is 18.6. The minimum absolute atomic E-state index is 0.0285. The highest BCUT2D eigenvalue weighted by atomic mass is 16.6. The Labute approximate surface area is 170 Å². The van der Waals surface area contributed by atoms with E-state index in [1.807, 2.05) is 16.8 Å². The van der Waals surface area contributed by atoms with Gasteiger partial charge in [-0.3, -0.25) is 4.79 Å². The summed E-state index contributed by atoms with van der Waals surface area (Å²) in [4.78, 5) is 16.3. The molecule has 1 amide bonds. The first-order valence-corrected chi connectivity index (χ1v) is 10.2. The average Bonchev–Trinajstić information content (AvgIpc) is 3.36. The van der Waals surface area contributed by atoms with Crippen LogP contribution in [0, 0.1) is 0 Å². The van der Waals surface area contributed by atoms with E-state index in [0.717, 1.165) is 37.3 Å². The van der Waals surface area contributed by atoms with E-state index in [4.69, 9.17) is 24.9 Å². The normalized spacial score (nSPS) is 21.2. The summed E-state index contributed by atoms with van der Waals surface area (Å²) in [5.41, 5.74) is 6.36. The third-order valence-corrected chi connectivity index (χ3v) is 5.84. The Morgan fingerprint density at radius 3 is 2.66 bits per heavy atom. The molecule has 1 saturated heterocycles. The number of rotatable bonds is 7. The van der Waals surface area contributed by atoms with Gasteiger partial charge in [0.25, 0.3) is 0 Å². The lowest BCUT2D eigenvalue weighted by atomic mass is 9.78. The van der Waals surface area contributed by atoms with Gasteiger partial charge >= 0.3 is 0 Å². The lowest BCUT2D eigenvalue weighted by Gasteiger charge is -2.30. The Hall–Kier alpha value is -2.45. The number of hydrogen-bond donors (Lipinski definition) is 1. The molecule has 2 aliphatic rings. The maximum atomic E-state index is 11.5. The maximum Gasteiger partial charge on any atom is 0.225 e. The van der Waals surface area contributed by atoms with Gasteiger partial charge in [0.1, 0.15) is 17.7 Å². The molecular weight excluding hydrogens is 372 g/mol. The van der Waals surface area contributed by atoms with Crippen molar-refractivity contribution in [3.05, 3.63) is 41.5 Å². The summed E-state index contributed by atoms with van der Waals surface area (Å²) in [6, 6.07) is 8.19. The third-order valence-electron chi connectivity index (χ3n) is 5.84. The van der Waals surface area contributed by atoms with Gasteiger partial charge in [-0.2, -0.15) is 5.10 Å². The van der Waals surface area contributed by atoms with Gasteiger partial charge in [-0.25, -0.2) is 9.67 Å². The first-order chi connectivity index (χ1) is 14.1. The van der Waals surface area contributed by atoms with E-state index >= 15 is 0 Å². The molecule has 0 spiro atoms. The lowest BCUT2D eigenvalue weighted by Crippen LogP contribution is -2.36. The fourth-order valence-corrected chi connectivity index (χ4v) is 4.47. The van der Waals surface area contributed by atoms with Crippen LogP contribution in [0.4, 0.5) is 0 Å². The highest BCUT2D eigenvalue weighted by molar-refractivity contribution is 5.75. The van der Waals surface area contributed by atoms with Crippen LogP contribution in [0.25, 0.3) is 0 Å². The summed E-state index contributed by atoms with van der Waals surface area (Å²) in [7, 11) is 1.67. The van der Waals surface area contributed by atoms with Gasteiger partial charge in [0.2, 0.25) is 5.91 Å². The molecule has 1 atom stereocenters. The predicted molar refractivity (Wildman–Crippen MR) is 106 cm³/mol. The summed E-state index contributed by atoms with van der Waals surface area (Å²) in [5, 5.41) is 4.64. The SMILES string of the molecule is COc1ccc(C2(c3nc(CC(N)=O)nn3C[C@H]3COCCO3)CCCC2)cc1. The standard InChI is InChI=1S/C21H28N4O4/c1-27-16-6-4-15(5-7-16)21(8-2-3-9-21)20-23-19(12-18(22)26)24-25(20)13-17-14-28-10-11-29-17/h4-7,17H,2-3,8-14H2,1H3,(H2,22,26)/t17-/m0/s1. The molecule has 1 aliphatic heterocycles. The van der Waals surface area contributed by atoms with Crippen LogP contribution in [-0.4, -0.2) is 53.7 Å². The third kappa shape index (κ3) is 4.13. The second kappa shape index (κ2) is 8.51. The second-order valence-corrected chi connectivity index (χ2v) is 7.76. The number of nitrogens with zero attached hydrogens (tertiary/aromatic N) is 3.